The zero-order valence-electron chi connectivity index (χ0n) is 11.6. The van der Waals surface area contributed by atoms with Gasteiger partial charge in [0.2, 0.25) is 0 Å². The molecule has 0 aliphatic rings. The van der Waals surface area contributed by atoms with Crippen LogP contribution in [0.1, 0.15) is 37.4 Å². The Morgan fingerprint density at radius 2 is 2.11 bits per heavy atom. The molecule has 3 atom stereocenters. The molecular formula is C15H21BrClNO. The van der Waals surface area contributed by atoms with Gasteiger partial charge in [-0.2, -0.15) is 0 Å². The molecule has 2 nitrogen and oxygen atoms in total. The van der Waals surface area contributed by atoms with Crippen LogP contribution in [0.3, 0.4) is 0 Å². The third-order valence-electron chi connectivity index (χ3n) is 3.23. The van der Waals surface area contributed by atoms with Crippen LogP contribution < -0.4 is 5.32 Å². The molecule has 2 unspecified atom stereocenters. The summed E-state index contributed by atoms with van der Waals surface area (Å²) in [5.41, 5.74) is 1.95. The van der Waals surface area contributed by atoms with Crippen molar-refractivity contribution < 1.29 is 5.11 Å². The van der Waals surface area contributed by atoms with Gasteiger partial charge in [0.25, 0.3) is 0 Å². The maximum absolute atomic E-state index is 10.2. The lowest BCUT2D eigenvalue weighted by atomic mass is 9.96. The first-order valence-corrected chi connectivity index (χ1v) is 7.59. The number of hydrogen-bond acceptors (Lipinski definition) is 2. The molecule has 1 rings (SSSR count). The monoisotopic (exact) mass is 345 g/mol. The Labute approximate surface area is 129 Å². The summed E-state index contributed by atoms with van der Waals surface area (Å²) in [5, 5.41) is 13.7. The second-order valence-corrected chi connectivity index (χ2v) is 6.47. The van der Waals surface area contributed by atoms with Gasteiger partial charge in [0.05, 0.1) is 0 Å². The SMILES string of the molecule is C=CCC(NC(C)[C@H](C)Cl)c1c(C)cc(Br)cc1O. The van der Waals surface area contributed by atoms with E-state index in [1.165, 1.54) is 0 Å². The summed E-state index contributed by atoms with van der Waals surface area (Å²) in [6.45, 7) is 9.78. The number of aryl methyl sites for hydroxylation is 1. The molecule has 19 heavy (non-hydrogen) atoms. The highest BCUT2D eigenvalue weighted by molar-refractivity contribution is 9.10. The Morgan fingerprint density at radius 3 is 2.58 bits per heavy atom. The number of rotatable bonds is 6. The molecule has 0 saturated heterocycles. The standard InChI is InChI=1S/C15H21BrClNO/c1-5-6-13(18-11(4)10(3)17)15-9(2)7-12(16)8-14(15)19/h5,7-8,10-11,13,18-19H,1,6H2,2-4H3/t10-,11?,13?/m0/s1. The van der Waals surface area contributed by atoms with Crippen molar-refractivity contribution >= 4 is 27.5 Å². The molecule has 0 spiro atoms. The molecule has 0 aliphatic carbocycles. The van der Waals surface area contributed by atoms with Gasteiger partial charge in [0.15, 0.2) is 0 Å². The highest BCUT2D eigenvalue weighted by atomic mass is 79.9. The smallest absolute Gasteiger partial charge is 0.121 e. The van der Waals surface area contributed by atoms with Crippen molar-refractivity contribution in [2.45, 2.75) is 44.7 Å². The molecule has 4 heteroatoms. The zero-order chi connectivity index (χ0) is 14.6. The maximum Gasteiger partial charge on any atom is 0.121 e. The minimum Gasteiger partial charge on any atom is -0.508 e. The summed E-state index contributed by atoms with van der Waals surface area (Å²) < 4.78 is 0.877. The van der Waals surface area contributed by atoms with E-state index in [9.17, 15) is 5.11 Å². The van der Waals surface area contributed by atoms with Crippen molar-refractivity contribution in [2.75, 3.05) is 0 Å². The Hall–Kier alpha value is -0.510. The summed E-state index contributed by atoms with van der Waals surface area (Å²) >= 11 is 9.49. The third kappa shape index (κ3) is 4.51. The van der Waals surface area contributed by atoms with E-state index in [2.05, 4.69) is 27.8 Å². The molecule has 0 aromatic heterocycles. The Morgan fingerprint density at radius 1 is 1.47 bits per heavy atom. The summed E-state index contributed by atoms with van der Waals surface area (Å²) in [6.07, 6.45) is 2.59. The molecule has 2 N–H and O–H groups in total. The molecule has 0 fully saturated rings. The predicted octanol–water partition coefficient (Wildman–Crippen LogP) is 4.69. The van der Waals surface area contributed by atoms with Crippen LogP contribution in [-0.2, 0) is 0 Å². The highest BCUT2D eigenvalue weighted by Crippen LogP contribution is 2.33. The number of nitrogens with one attached hydrogen (secondary N) is 1. The van der Waals surface area contributed by atoms with Gasteiger partial charge in [0, 0.05) is 27.5 Å². The van der Waals surface area contributed by atoms with E-state index in [1.54, 1.807) is 6.07 Å². The molecule has 1 aromatic carbocycles. The van der Waals surface area contributed by atoms with E-state index in [-0.39, 0.29) is 17.5 Å². The van der Waals surface area contributed by atoms with Crippen LogP contribution in [0, 0.1) is 6.92 Å². The first-order valence-electron chi connectivity index (χ1n) is 6.36. The van der Waals surface area contributed by atoms with Crippen molar-refractivity contribution in [3.05, 3.63) is 40.4 Å². The molecule has 0 bridgehead atoms. The minimum atomic E-state index is 0.0156. The van der Waals surface area contributed by atoms with Gasteiger partial charge in [-0.05, 0) is 44.9 Å². The van der Waals surface area contributed by atoms with Gasteiger partial charge in [-0.25, -0.2) is 0 Å². The van der Waals surface area contributed by atoms with E-state index < -0.39 is 0 Å². The van der Waals surface area contributed by atoms with Gasteiger partial charge in [-0.15, -0.1) is 18.2 Å². The normalized spacial score (nSPS) is 15.8. The average molecular weight is 347 g/mol. The van der Waals surface area contributed by atoms with Crippen molar-refractivity contribution in [1.82, 2.24) is 5.32 Å². The number of phenols is 1. The van der Waals surface area contributed by atoms with E-state index in [0.717, 1.165) is 22.0 Å². The van der Waals surface area contributed by atoms with E-state index >= 15 is 0 Å². The summed E-state index contributed by atoms with van der Waals surface area (Å²) in [7, 11) is 0. The second kappa shape index (κ2) is 7.32. The topological polar surface area (TPSA) is 32.3 Å². The molecule has 0 radical (unpaired) electrons. The minimum absolute atomic E-state index is 0.0156. The highest BCUT2D eigenvalue weighted by Gasteiger charge is 2.20. The number of phenolic OH excluding ortho intramolecular Hbond substituents is 1. The van der Waals surface area contributed by atoms with Gasteiger partial charge >= 0.3 is 0 Å². The molecule has 0 aliphatic heterocycles. The van der Waals surface area contributed by atoms with Gasteiger partial charge < -0.3 is 10.4 Å². The van der Waals surface area contributed by atoms with Crippen LogP contribution in [0.25, 0.3) is 0 Å². The van der Waals surface area contributed by atoms with Crippen LogP contribution in [-0.4, -0.2) is 16.5 Å². The summed E-state index contributed by atoms with van der Waals surface area (Å²) in [5.74, 6) is 0.292. The fourth-order valence-corrected chi connectivity index (χ4v) is 2.71. The molecule has 0 amide bonds. The summed E-state index contributed by atoms with van der Waals surface area (Å²) in [4.78, 5) is 0. The third-order valence-corrected chi connectivity index (χ3v) is 4.07. The molecule has 1 aromatic rings. The Bertz CT molecular complexity index is 425. The number of alkyl halides is 1. The van der Waals surface area contributed by atoms with Gasteiger partial charge in [0.1, 0.15) is 5.75 Å². The van der Waals surface area contributed by atoms with Crippen molar-refractivity contribution in [2.24, 2.45) is 0 Å². The van der Waals surface area contributed by atoms with Crippen molar-refractivity contribution in [3.63, 3.8) is 0 Å². The Kier molecular flexibility index (Phi) is 6.37. The van der Waals surface area contributed by atoms with Crippen LogP contribution in [0.15, 0.2) is 29.3 Å². The molecule has 0 saturated carbocycles. The lowest BCUT2D eigenvalue weighted by Gasteiger charge is -2.26. The number of hydrogen-bond donors (Lipinski definition) is 2. The molecular weight excluding hydrogens is 326 g/mol. The first kappa shape index (κ1) is 16.5. The predicted molar refractivity (Wildman–Crippen MR) is 86.0 cm³/mol. The van der Waals surface area contributed by atoms with E-state index in [1.807, 2.05) is 32.9 Å². The Balaban J connectivity index is 3.08. The van der Waals surface area contributed by atoms with E-state index in [4.69, 9.17) is 11.6 Å². The quantitative estimate of drug-likeness (QED) is 0.579. The fourth-order valence-electron chi connectivity index (χ4n) is 2.08. The lowest BCUT2D eigenvalue weighted by molar-refractivity contribution is 0.418. The number of benzene rings is 1. The molecule has 0 heterocycles. The van der Waals surface area contributed by atoms with E-state index in [0.29, 0.717) is 5.75 Å². The second-order valence-electron chi connectivity index (χ2n) is 4.87. The van der Waals surface area contributed by atoms with Gasteiger partial charge in [-0.3, -0.25) is 0 Å². The summed E-state index contributed by atoms with van der Waals surface area (Å²) in [6, 6.07) is 3.88. The fraction of sp³-hybridized carbons (Fsp3) is 0.467. The largest absolute Gasteiger partial charge is 0.508 e. The van der Waals surface area contributed by atoms with Crippen molar-refractivity contribution in [1.29, 1.82) is 0 Å². The van der Waals surface area contributed by atoms with Gasteiger partial charge in [-0.1, -0.05) is 22.0 Å². The molecule has 106 valence electrons. The van der Waals surface area contributed by atoms with Crippen molar-refractivity contribution in [3.8, 4) is 5.75 Å². The van der Waals surface area contributed by atoms with Crippen LogP contribution in [0.4, 0.5) is 0 Å². The number of aromatic hydroxyl groups is 1. The lowest BCUT2D eigenvalue weighted by Crippen LogP contribution is -2.36. The first-order chi connectivity index (χ1) is 8.86. The van der Waals surface area contributed by atoms with Crippen LogP contribution in [0.2, 0.25) is 0 Å². The maximum atomic E-state index is 10.2. The van der Waals surface area contributed by atoms with Crippen LogP contribution in [0.5, 0.6) is 5.75 Å². The number of halogens is 2. The zero-order valence-corrected chi connectivity index (χ0v) is 13.9. The average Bonchev–Trinajstić information content (AvgIpc) is 2.27. The van der Waals surface area contributed by atoms with Crippen LogP contribution >= 0.6 is 27.5 Å².